The van der Waals surface area contributed by atoms with Crippen LogP contribution in [0.1, 0.15) is 25.5 Å². The number of carbonyl (C=O) groups excluding carboxylic acids is 1. The van der Waals surface area contributed by atoms with Gasteiger partial charge in [0.2, 0.25) is 17.7 Å². The van der Waals surface area contributed by atoms with Crippen LogP contribution in [0.5, 0.6) is 0 Å². The number of hydrogen-bond acceptors (Lipinski definition) is 7. The van der Waals surface area contributed by atoms with E-state index in [1.165, 1.54) is 0 Å². The van der Waals surface area contributed by atoms with Crippen molar-refractivity contribution in [2.45, 2.75) is 32.7 Å². The lowest BCUT2D eigenvalue weighted by atomic mass is 10.2. The van der Waals surface area contributed by atoms with Crippen LogP contribution in [0.2, 0.25) is 0 Å². The topological polar surface area (TPSA) is 122 Å². The van der Waals surface area contributed by atoms with Crippen LogP contribution >= 0.6 is 0 Å². The van der Waals surface area contributed by atoms with E-state index in [0.29, 0.717) is 19.0 Å². The number of nitrogens with zero attached hydrogens (tertiary/aromatic N) is 3. The smallest absolute Gasteiger partial charge is 0.332 e. The molecule has 2 heterocycles. The van der Waals surface area contributed by atoms with Crippen molar-refractivity contribution in [1.29, 1.82) is 0 Å². The predicted octanol–water partition coefficient (Wildman–Crippen LogP) is 0.816. The van der Waals surface area contributed by atoms with Crippen molar-refractivity contribution in [3.8, 4) is 0 Å². The van der Waals surface area contributed by atoms with Gasteiger partial charge in [0.15, 0.2) is 0 Å². The summed E-state index contributed by atoms with van der Waals surface area (Å²) in [5.41, 5.74) is 0.129. The summed E-state index contributed by atoms with van der Waals surface area (Å²) in [7, 11) is 0. The highest BCUT2D eigenvalue weighted by atomic mass is 16.6. The molecule has 1 aromatic heterocycles. The fourth-order valence-corrected chi connectivity index (χ4v) is 2.10. The fraction of sp³-hybridized carbons (Fsp3) is 0.583. The van der Waals surface area contributed by atoms with Crippen LogP contribution < -0.4 is 16.0 Å². The molecule has 114 valence electrons. The van der Waals surface area contributed by atoms with Gasteiger partial charge in [-0.3, -0.25) is 14.9 Å². The molecule has 0 aromatic carbocycles. The molecule has 1 fully saturated rings. The van der Waals surface area contributed by atoms with Crippen molar-refractivity contribution in [1.82, 2.24) is 15.3 Å². The Kier molecular flexibility index (Phi) is 4.51. The molecule has 0 spiro atoms. The highest BCUT2D eigenvalue weighted by molar-refractivity contribution is 5.80. The van der Waals surface area contributed by atoms with Crippen LogP contribution in [-0.2, 0) is 4.79 Å². The number of rotatable bonds is 6. The van der Waals surface area contributed by atoms with Crippen LogP contribution in [0, 0.1) is 17.0 Å². The molecule has 1 aromatic rings. The fourth-order valence-electron chi connectivity index (χ4n) is 2.10. The molecule has 0 aliphatic carbocycles. The normalized spacial score (nSPS) is 17.4. The Bertz CT molecular complexity index is 562. The molecule has 1 saturated heterocycles. The molecule has 9 nitrogen and oxygen atoms in total. The van der Waals surface area contributed by atoms with Crippen molar-refractivity contribution >= 4 is 23.4 Å². The van der Waals surface area contributed by atoms with E-state index in [1.54, 1.807) is 6.92 Å². The zero-order valence-electron chi connectivity index (χ0n) is 12.0. The molecule has 2 rings (SSSR count). The number of nitro groups is 1. The highest BCUT2D eigenvalue weighted by Gasteiger charge is 2.27. The van der Waals surface area contributed by atoms with E-state index in [-0.39, 0.29) is 35.6 Å². The molecule has 3 N–H and O–H groups in total. The molecule has 1 amide bonds. The Hall–Kier alpha value is -2.45. The summed E-state index contributed by atoms with van der Waals surface area (Å²) in [4.78, 5) is 30.2. The van der Waals surface area contributed by atoms with Gasteiger partial charge in [0.05, 0.1) is 11.0 Å². The third-order valence-corrected chi connectivity index (χ3v) is 3.09. The lowest BCUT2D eigenvalue weighted by Gasteiger charge is -2.13. The highest BCUT2D eigenvalue weighted by Crippen LogP contribution is 2.27. The van der Waals surface area contributed by atoms with Gasteiger partial charge in [-0.15, -0.1) is 0 Å². The lowest BCUT2D eigenvalue weighted by Crippen LogP contribution is -2.24. The summed E-state index contributed by atoms with van der Waals surface area (Å²) in [5, 5.41) is 19.8. The summed E-state index contributed by atoms with van der Waals surface area (Å²) in [6.45, 7) is 4.68. The Balaban J connectivity index is 2.28. The van der Waals surface area contributed by atoms with Gasteiger partial charge in [0, 0.05) is 19.5 Å². The number of hydrogen-bond donors (Lipinski definition) is 3. The van der Waals surface area contributed by atoms with Crippen molar-refractivity contribution < 1.29 is 9.72 Å². The standard InChI is InChI=1S/C12H18N6O3/c1-3-4-13-12-15-7(2)10(18(20)21)11(17-12)16-8-5-9(19)14-6-8/h8H,3-6H2,1-2H3,(H,14,19)(H2,13,15,16,17). The zero-order chi connectivity index (χ0) is 15.4. The molecule has 1 aliphatic heterocycles. The molecule has 0 saturated carbocycles. The molecule has 1 atom stereocenters. The van der Waals surface area contributed by atoms with Crippen LogP contribution in [0.4, 0.5) is 17.5 Å². The second-order valence-corrected chi connectivity index (χ2v) is 4.86. The van der Waals surface area contributed by atoms with Crippen LogP contribution in [0.25, 0.3) is 0 Å². The van der Waals surface area contributed by atoms with Gasteiger partial charge in [-0.2, -0.15) is 4.98 Å². The van der Waals surface area contributed by atoms with Crippen molar-refractivity contribution in [3.63, 3.8) is 0 Å². The van der Waals surface area contributed by atoms with Gasteiger partial charge in [-0.25, -0.2) is 4.98 Å². The second-order valence-electron chi connectivity index (χ2n) is 4.86. The molecular formula is C12H18N6O3. The van der Waals surface area contributed by atoms with Crippen LogP contribution in [0.15, 0.2) is 0 Å². The minimum atomic E-state index is -0.508. The van der Waals surface area contributed by atoms with Crippen LogP contribution in [-0.4, -0.2) is 39.9 Å². The van der Waals surface area contributed by atoms with Crippen molar-refractivity contribution in [2.75, 3.05) is 23.7 Å². The number of nitrogens with one attached hydrogen (secondary N) is 3. The SMILES string of the molecule is CCCNc1nc(C)c([N+](=O)[O-])c(NC2CNC(=O)C2)n1. The first-order chi connectivity index (χ1) is 10.0. The Labute approximate surface area is 121 Å². The van der Waals surface area contributed by atoms with Crippen LogP contribution in [0.3, 0.4) is 0 Å². The first-order valence-electron chi connectivity index (χ1n) is 6.81. The maximum atomic E-state index is 11.2. The third-order valence-electron chi connectivity index (χ3n) is 3.09. The predicted molar refractivity (Wildman–Crippen MR) is 77.2 cm³/mol. The van der Waals surface area contributed by atoms with Gasteiger partial charge < -0.3 is 16.0 Å². The largest absolute Gasteiger partial charge is 0.359 e. The minimum Gasteiger partial charge on any atom is -0.359 e. The zero-order valence-corrected chi connectivity index (χ0v) is 12.0. The van der Waals surface area contributed by atoms with E-state index >= 15 is 0 Å². The lowest BCUT2D eigenvalue weighted by molar-refractivity contribution is -0.385. The van der Waals surface area contributed by atoms with E-state index in [1.807, 2.05) is 6.92 Å². The van der Waals surface area contributed by atoms with Gasteiger partial charge >= 0.3 is 5.69 Å². The maximum Gasteiger partial charge on any atom is 0.332 e. The number of amides is 1. The molecule has 1 aliphatic rings. The van der Waals surface area contributed by atoms with Gasteiger partial charge in [0.25, 0.3) is 0 Å². The molecule has 0 radical (unpaired) electrons. The maximum absolute atomic E-state index is 11.2. The Morgan fingerprint density at radius 3 is 2.81 bits per heavy atom. The minimum absolute atomic E-state index is 0.0785. The van der Waals surface area contributed by atoms with Gasteiger partial charge in [0.1, 0.15) is 5.69 Å². The summed E-state index contributed by atoms with van der Waals surface area (Å²) < 4.78 is 0. The Morgan fingerprint density at radius 1 is 1.48 bits per heavy atom. The van der Waals surface area contributed by atoms with E-state index in [4.69, 9.17) is 0 Å². The van der Waals surface area contributed by atoms with E-state index in [2.05, 4.69) is 25.9 Å². The van der Waals surface area contributed by atoms with E-state index < -0.39 is 4.92 Å². The summed E-state index contributed by atoms with van der Waals surface area (Å²) in [6, 6.07) is -0.204. The number of aryl methyl sites for hydroxylation is 1. The summed E-state index contributed by atoms with van der Waals surface area (Å²) in [5.74, 6) is 0.414. The van der Waals surface area contributed by atoms with Gasteiger partial charge in [-0.1, -0.05) is 6.92 Å². The third kappa shape index (κ3) is 3.56. The van der Waals surface area contributed by atoms with Crippen molar-refractivity contribution in [2.24, 2.45) is 0 Å². The molecule has 1 unspecified atom stereocenters. The summed E-state index contributed by atoms with van der Waals surface area (Å²) in [6.07, 6.45) is 1.17. The average molecular weight is 294 g/mol. The van der Waals surface area contributed by atoms with Gasteiger partial charge in [-0.05, 0) is 13.3 Å². The first kappa shape index (κ1) is 14.9. The molecule has 21 heavy (non-hydrogen) atoms. The molecule has 0 bridgehead atoms. The van der Waals surface area contributed by atoms with Crippen molar-refractivity contribution in [3.05, 3.63) is 15.8 Å². The quantitative estimate of drug-likeness (QED) is 0.524. The monoisotopic (exact) mass is 294 g/mol. The second kappa shape index (κ2) is 6.33. The molecular weight excluding hydrogens is 276 g/mol. The average Bonchev–Trinajstić information content (AvgIpc) is 2.80. The molecule has 9 heteroatoms. The number of carbonyl (C=O) groups is 1. The number of aromatic nitrogens is 2. The van der Waals surface area contributed by atoms with E-state index in [0.717, 1.165) is 6.42 Å². The summed E-state index contributed by atoms with van der Waals surface area (Å²) >= 11 is 0. The van der Waals surface area contributed by atoms with E-state index in [9.17, 15) is 14.9 Å². The Morgan fingerprint density at radius 2 is 2.24 bits per heavy atom. The number of anilines is 2. The first-order valence-corrected chi connectivity index (χ1v) is 6.81.